The Morgan fingerprint density at radius 2 is 1.75 bits per heavy atom. The van der Waals surface area contributed by atoms with Crippen molar-refractivity contribution < 1.29 is 14.4 Å². The minimum atomic E-state index is -1.19. The molecular formula is C28H23ClN4O3. The fourth-order valence-electron chi connectivity index (χ4n) is 5.38. The third-order valence-corrected chi connectivity index (χ3v) is 7.62. The van der Waals surface area contributed by atoms with Gasteiger partial charge in [0.25, 0.3) is 11.8 Å². The maximum atomic E-state index is 14.0. The molecule has 1 unspecified atom stereocenters. The zero-order chi connectivity index (χ0) is 25.0. The van der Waals surface area contributed by atoms with E-state index in [-0.39, 0.29) is 23.7 Å². The number of para-hydroxylation sites is 2. The molecular weight excluding hydrogens is 476 g/mol. The molecule has 36 heavy (non-hydrogen) atoms. The summed E-state index contributed by atoms with van der Waals surface area (Å²) in [4.78, 5) is 47.0. The number of amides is 4. The highest BCUT2D eigenvalue weighted by atomic mass is 35.5. The van der Waals surface area contributed by atoms with Crippen LogP contribution in [0.15, 0.2) is 72.8 Å². The number of carbonyl (C=O) groups excluding carboxylic acids is 3. The molecule has 0 radical (unpaired) electrons. The lowest BCUT2D eigenvalue weighted by atomic mass is 9.87. The van der Waals surface area contributed by atoms with Gasteiger partial charge in [0.15, 0.2) is 5.54 Å². The Bertz CT molecular complexity index is 1560. The van der Waals surface area contributed by atoms with E-state index in [4.69, 9.17) is 11.6 Å². The summed E-state index contributed by atoms with van der Waals surface area (Å²) in [5, 5.41) is 4.48. The highest BCUT2D eigenvalue weighted by Gasteiger charge is 2.59. The smallest absolute Gasteiger partial charge is 0.332 e. The number of halogens is 1. The summed E-state index contributed by atoms with van der Waals surface area (Å²) in [7, 11) is 0. The summed E-state index contributed by atoms with van der Waals surface area (Å²) in [6, 6.07) is 21.4. The molecule has 0 spiro atoms. The van der Waals surface area contributed by atoms with Crippen LogP contribution in [-0.4, -0.2) is 34.3 Å². The molecule has 1 fully saturated rings. The Morgan fingerprint density at radius 3 is 2.58 bits per heavy atom. The van der Waals surface area contributed by atoms with Crippen molar-refractivity contribution >= 4 is 46.0 Å². The van der Waals surface area contributed by atoms with Gasteiger partial charge >= 0.3 is 6.03 Å². The van der Waals surface area contributed by atoms with Crippen molar-refractivity contribution in [2.75, 3.05) is 11.4 Å². The van der Waals surface area contributed by atoms with Crippen LogP contribution in [-0.2, 0) is 23.3 Å². The quantitative estimate of drug-likeness (QED) is 0.389. The number of imide groups is 1. The summed E-state index contributed by atoms with van der Waals surface area (Å²) in [5.41, 5.74) is 2.81. The van der Waals surface area contributed by atoms with Crippen LogP contribution in [0.3, 0.4) is 0 Å². The Morgan fingerprint density at radius 1 is 1.03 bits per heavy atom. The van der Waals surface area contributed by atoms with Gasteiger partial charge in [-0.05, 0) is 48.7 Å². The number of hydrogen-bond acceptors (Lipinski definition) is 3. The average Bonchev–Trinajstić information content (AvgIpc) is 3.37. The number of rotatable bonds is 4. The van der Waals surface area contributed by atoms with E-state index in [1.165, 1.54) is 0 Å². The molecule has 4 amide bonds. The Hall–Kier alpha value is -4.10. The van der Waals surface area contributed by atoms with Gasteiger partial charge in [-0.2, -0.15) is 0 Å². The van der Waals surface area contributed by atoms with E-state index in [0.29, 0.717) is 18.0 Å². The summed E-state index contributed by atoms with van der Waals surface area (Å²) in [6.07, 6.45) is 0.641. The third-order valence-electron chi connectivity index (χ3n) is 7.25. The number of fused-ring (bicyclic) bond motifs is 5. The molecule has 0 bridgehead atoms. The van der Waals surface area contributed by atoms with Crippen molar-refractivity contribution in [3.63, 3.8) is 0 Å². The number of aromatic amines is 1. The first-order valence-corrected chi connectivity index (χ1v) is 12.2. The molecule has 4 aromatic rings. The largest absolute Gasteiger partial charge is 0.356 e. The molecule has 0 aliphatic carbocycles. The van der Waals surface area contributed by atoms with Crippen molar-refractivity contribution in [2.24, 2.45) is 0 Å². The monoisotopic (exact) mass is 498 g/mol. The molecule has 2 N–H and O–H groups in total. The van der Waals surface area contributed by atoms with Gasteiger partial charge < -0.3 is 15.2 Å². The van der Waals surface area contributed by atoms with E-state index >= 15 is 0 Å². The van der Waals surface area contributed by atoms with Crippen LogP contribution in [0.1, 0.15) is 34.1 Å². The minimum absolute atomic E-state index is 0.219. The van der Waals surface area contributed by atoms with E-state index in [0.717, 1.165) is 32.6 Å². The fourth-order valence-corrected chi connectivity index (χ4v) is 5.58. The summed E-state index contributed by atoms with van der Waals surface area (Å²) < 4.78 is 0. The second-order valence-corrected chi connectivity index (χ2v) is 9.62. The predicted molar refractivity (Wildman–Crippen MR) is 138 cm³/mol. The van der Waals surface area contributed by atoms with Crippen LogP contribution in [0, 0.1) is 0 Å². The molecule has 2 aliphatic rings. The minimum Gasteiger partial charge on any atom is -0.356 e. The van der Waals surface area contributed by atoms with Crippen LogP contribution in [0.2, 0.25) is 5.02 Å². The van der Waals surface area contributed by atoms with Gasteiger partial charge in [-0.15, -0.1) is 0 Å². The number of carbonyl (C=O) groups is 3. The van der Waals surface area contributed by atoms with E-state index in [2.05, 4.69) is 10.3 Å². The number of benzene rings is 3. The molecule has 6 rings (SSSR count). The SMILES string of the molecule is CC12C(=O)N(c3ccccc3C(=O)NCc3ccccc3Cl)C(=O)N1CCc1c2[nH]c2ccccc12. The standard InChI is InChI=1S/C28H23ClN4O3/c1-28-24-19(18-9-3-6-12-22(18)31-24)14-15-32(28)27(36)33(26(28)35)23-13-7-4-10-20(23)25(34)30-16-17-8-2-5-11-21(17)29/h2-13,31H,14-16H2,1H3,(H,30,34). The molecule has 8 heteroatoms. The van der Waals surface area contributed by atoms with Crippen molar-refractivity contribution in [2.45, 2.75) is 25.4 Å². The Balaban J connectivity index is 1.37. The van der Waals surface area contributed by atoms with E-state index in [9.17, 15) is 14.4 Å². The first-order valence-electron chi connectivity index (χ1n) is 11.8. The number of hydrogen-bond donors (Lipinski definition) is 2. The normalized spacial score (nSPS) is 18.9. The van der Waals surface area contributed by atoms with Crippen LogP contribution in [0.5, 0.6) is 0 Å². The van der Waals surface area contributed by atoms with E-state index in [1.54, 1.807) is 42.2 Å². The summed E-state index contributed by atoms with van der Waals surface area (Å²) >= 11 is 6.23. The summed E-state index contributed by atoms with van der Waals surface area (Å²) in [6.45, 7) is 2.41. The molecule has 3 aromatic carbocycles. The number of anilines is 1. The highest BCUT2D eigenvalue weighted by molar-refractivity contribution is 6.31. The van der Waals surface area contributed by atoms with Crippen molar-refractivity contribution in [3.8, 4) is 0 Å². The number of nitrogens with zero attached hydrogens (tertiary/aromatic N) is 2. The van der Waals surface area contributed by atoms with Crippen LogP contribution < -0.4 is 10.2 Å². The average molecular weight is 499 g/mol. The molecule has 1 saturated heterocycles. The number of nitrogens with one attached hydrogen (secondary N) is 2. The van der Waals surface area contributed by atoms with Crippen molar-refractivity contribution in [3.05, 3.63) is 100 Å². The Kier molecular flexibility index (Phi) is 5.12. The molecule has 0 saturated carbocycles. The van der Waals surface area contributed by atoms with Gasteiger partial charge in [0.1, 0.15) is 0 Å². The van der Waals surface area contributed by atoms with Crippen LogP contribution in [0.4, 0.5) is 10.5 Å². The lowest BCUT2D eigenvalue weighted by Gasteiger charge is -2.35. The van der Waals surface area contributed by atoms with Gasteiger partial charge in [-0.3, -0.25) is 9.59 Å². The number of urea groups is 1. The molecule has 1 atom stereocenters. The first kappa shape index (κ1) is 22.4. The zero-order valence-electron chi connectivity index (χ0n) is 19.5. The van der Waals surface area contributed by atoms with Gasteiger partial charge in [0.2, 0.25) is 0 Å². The lowest BCUT2D eigenvalue weighted by molar-refractivity contribution is -0.125. The predicted octanol–water partition coefficient (Wildman–Crippen LogP) is 4.99. The maximum Gasteiger partial charge on any atom is 0.332 e. The van der Waals surface area contributed by atoms with Gasteiger partial charge in [0, 0.05) is 29.0 Å². The highest BCUT2D eigenvalue weighted by Crippen LogP contribution is 2.45. The Labute approximate surface area is 212 Å². The van der Waals surface area contributed by atoms with Crippen LogP contribution in [0.25, 0.3) is 10.9 Å². The lowest BCUT2D eigenvalue weighted by Crippen LogP contribution is -2.49. The molecule has 7 nitrogen and oxygen atoms in total. The third kappa shape index (κ3) is 3.16. The zero-order valence-corrected chi connectivity index (χ0v) is 20.3. The van der Waals surface area contributed by atoms with Crippen molar-refractivity contribution in [1.29, 1.82) is 0 Å². The van der Waals surface area contributed by atoms with Crippen molar-refractivity contribution in [1.82, 2.24) is 15.2 Å². The fraction of sp³-hybridized carbons (Fsp3) is 0.179. The number of H-pyrrole nitrogens is 1. The second kappa shape index (κ2) is 8.24. The molecule has 2 aliphatic heterocycles. The van der Waals surface area contributed by atoms with Crippen LogP contribution >= 0.6 is 11.6 Å². The molecule has 1 aromatic heterocycles. The maximum absolute atomic E-state index is 14.0. The topological polar surface area (TPSA) is 85.5 Å². The summed E-state index contributed by atoms with van der Waals surface area (Å²) in [5.74, 6) is -0.779. The van der Waals surface area contributed by atoms with E-state index < -0.39 is 17.5 Å². The first-order chi connectivity index (χ1) is 17.4. The molecule has 180 valence electrons. The van der Waals surface area contributed by atoms with E-state index in [1.807, 2.05) is 42.5 Å². The van der Waals surface area contributed by atoms with Gasteiger partial charge in [0.05, 0.1) is 16.9 Å². The number of aromatic nitrogens is 1. The van der Waals surface area contributed by atoms with Gasteiger partial charge in [-0.25, -0.2) is 9.69 Å². The second-order valence-electron chi connectivity index (χ2n) is 9.21. The van der Waals surface area contributed by atoms with Gasteiger partial charge in [-0.1, -0.05) is 60.1 Å². The molecule has 3 heterocycles.